The molecule has 0 saturated heterocycles. The Morgan fingerprint density at radius 2 is 1.90 bits per heavy atom. The maximum absolute atomic E-state index is 14.1. The third kappa shape index (κ3) is 3.20. The third-order valence-electron chi connectivity index (χ3n) is 2.91. The number of halogens is 2. The molecular weight excluding hydrogens is 298 g/mol. The van der Waals surface area contributed by atoms with Gasteiger partial charge in [-0.25, -0.2) is 17.2 Å². The van der Waals surface area contributed by atoms with Gasteiger partial charge in [0.1, 0.15) is 10.7 Å². The lowest BCUT2D eigenvalue weighted by Crippen LogP contribution is -2.17. The average Bonchev–Trinajstić information content (AvgIpc) is 2.38. The lowest BCUT2D eigenvalue weighted by atomic mass is 10.2. The molecule has 0 amide bonds. The van der Waals surface area contributed by atoms with Gasteiger partial charge in [0.15, 0.2) is 5.82 Å². The molecule has 2 rings (SSSR count). The molecule has 0 atom stereocenters. The van der Waals surface area contributed by atoms with Crippen LogP contribution in [0.2, 0.25) is 0 Å². The molecule has 2 aromatic carbocycles. The molecule has 112 valence electrons. The first-order valence-corrected chi connectivity index (χ1v) is 7.60. The lowest BCUT2D eigenvalue weighted by Gasteiger charge is -2.11. The van der Waals surface area contributed by atoms with Crippen LogP contribution in [0.1, 0.15) is 11.1 Å². The number of nitrogens with two attached hydrogens (primary N) is 1. The van der Waals surface area contributed by atoms with Gasteiger partial charge in [-0.3, -0.25) is 4.72 Å². The molecule has 0 unspecified atom stereocenters. The molecule has 0 fully saturated rings. The maximum Gasteiger partial charge on any atom is 0.264 e. The zero-order valence-corrected chi connectivity index (χ0v) is 12.0. The Morgan fingerprint density at radius 1 is 1.19 bits per heavy atom. The Labute approximate surface area is 121 Å². The van der Waals surface area contributed by atoms with Gasteiger partial charge in [-0.05, 0) is 36.8 Å². The average molecular weight is 312 g/mol. The van der Waals surface area contributed by atoms with E-state index in [1.54, 1.807) is 25.1 Å². The lowest BCUT2D eigenvalue weighted by molar-refractivity contribution is 0.530. The summed E-state index contributed by atoms with van der Waals surface area (Å²) in [5, 5.41) is 0. The quantitative estimate of drug-likeness (QED) is 0.911. The fourth-order valence-corrected chi connectivity index (χ4v) is 3.04. The minimum absolute atomic E-state index is 0.299. The van der Waals surface area contributed by atoms with Crippen molar-refractivity contribution in [2.45, 2.75) is 18.4 Å². The van der Waals surface area contributed by atoms with Crippen molar-refractivity contribution in [3.05, 3.63) is 59.2 Å². The molecule has 4 nitrogen and oxygen atoms in total. The van der Waals surface area contributed by atoms with Crippen molar-refractivity contribution in [2.24, 2.45) is 5.73 Å². The Morgan fingerprint density at radius 3 is 2.52 bits per heavy atom. The monoisotopic (exact) mass is 312 g/mol. The molecule has 0 saturated carbocycles. The van der Waals surface area contributed by atoms with Crippen molar-refractivity contribution in [3.8, 4) is 0 Å². The van der Waals surface area contributed by atoms with Crippen molar-refractivity contribution < 1.29 is 17.2 Å². The maximum atomic E-state index is 14.1. The second-order valence-electron chi connectivity index (χ2n) is 4.52. The van der Waals surface area contributed by atoms with Crippen LogP contribution in [0.25, 0.3) is 0 Å². The van der Waals surface area contributed by atoms with Gasteiger partial charge in [0.05, 0.1) is 0 Å². The van der Waals surface area contributed by atoms with Crippen molar-refractivity contribution in [2.75, 3.05) is 4.72 Å². The van der Waals surface area contributed by atoms with Crippen LogP contribution in [-0.4, -0.2) is 8.42 Å². The van der Waals surface area contributed by atoms with Crippen LogP contribution >= 0.6 is 0 Å². The minimum atomic E-state index is -4.16. The van der Waals surface area contributed by atoms with E-state index >= 15 is 0 Å². The molecule has 0 spiro atoms. The van der Waals surface area contributed by atoms with E-state index in [0.29, 0.717) is 5.69 Å². The Kier molecular flexibility index (Phi) is 4.24. The number of anilines is 1. The van der Waals surface area contributed by atoms with E-state index in [1.165, 1.54) is 6.07 Å². The van der Waals surface area contributed by atoms with Crippen LogP contribution in [0, 0.1) is 18.6 Å². The molecule has 0 aliphatic rings. The van der Waals surface area contributed by atoms with Crippen LogP contribution in [-0.2, 0) is 16.6 Å². The van der Waals surface area contributed by atoms with Crippen molar-refractivity contribution in [1.29, 1.82) is 0 Å². The van der Waals surface area contributed by atoms with E-state index in [9.17, 15) is 17.2 Å². The Balaban J connectivity index is 2.45. The summed E-state index contributed by atoms with van der Waals surface area (Å²) in [6.45, 7) is 1.37. The SMILES string of the molecule is Cc1cccc(NS(=O)(=O)c2ccc(F)c(CN)c2F)c1. The van der Waals surface area contributed by atoms with Gasteiger partial charge in [0.25, 0.3) is 10.0 Å². The molecule has 0 aliphatic carbocycles. The third-order valence-corrected chi connectivity index (χ3v) is 4.31. The summed E-state index contributed by atoms with van der Waals surface area (Å²) in [7, 11) is -4.16. The normalized spacial score (nSPS) is 11.4. The summed E-state index contributed by atoms with van der Waals surface area (Å²) in [5.41, 5.74) is 5.93. The molecule has 0 aromatic heterocycles. The highest BCUT2D eigenvalue weighted by Gasteiger charge is 2.23. The minimum Gasteiger partial charge on any atom is -0.326 e. The van der Waals surface area contributed by atoms with E-state index in [-0.39, 0.29) is 0 Å². The van der Waals surface area contributed by atoms with Crippen LogP contribution in [0.3, 0.4) is 0 Å². The first kappa shape index (κ1) is 15.4. The number of hydrogen-bond donors (Lipinski definition) is 2. The van der Waals surface area contributed by atoms with Gasteiger partial charge in [-0.1, -0.05) is 12.1 Å². The second kappa shape index (κ2) is 5.79. The summed E-state index contributed by atoms with van der Waals surface area (Å²) in [5.74, 6) is -2.04. The molecule has 0 heterocycles. The van der Waals surface area contributed by atoms with Crippen molar-refractivity contribution >= 4 is 15.7 Å². The summed E-state index contributed by atoms with van der Waals surface area (Å²) in [6, 6.07) is 8.36. The molecule has 2 aromatic rings. The van der Waals surface area contributed by atoms with Gasteiger partial charge in [0.2, 0.25) is 0 Å². The second-order valence-corrected chi connectivity index (χ2v) is 6.17. The largest absolute Gasteiger partial charge is 0.326 e. The smallest absolute Gasteiger partial charge is 0.264 e. The van der Waals surface area contributed by atoms with E-state index in [0.717, 1.165) is 17.7 Å². The first-order valence-electron chi connectivity index (χ1n) is 6.11. The topological polar surface area (TPSA) is 72.2 Å². The van der Waals surface area contributed by atoms with E-state index in [2.05, 4.69) is 4.72 Å². The highest BCUT2D eigenvalue weighted by Crippen LogP contribution is 2.23. The van der Waals surface area contributed by atoms with Gasteiger partial charge in [0, 0.05) is 17.8 Å². The van der Waals surface area contributed by atoms with Crippen LogP contribution < -0.4 is 10.5 Å². The number of hydrogen-bond acceptors (Lipinski definition) is 3. The van der Waals surface area contributed by atoms with Crippen molar-refractivity contribution in [3.63, 3.8) is 0 Å². The number of sulfonamides is 1. The molecule has 3 N–H and O–H groups in total. The van der Waals surface area contributed by atoms with Crippen molar-refractivity contribution in [1.82, 2.24) is 0 Å². The van der Waals surface area contributed by atoms with Crippen LogP contribution in [0.4, 0.5) is 14.5 Å². The Hall–Kier alpha value is -1.99. The van der Waals surface area contributed by atoms with Gasteiger partial charge in [-0.2, -0.15) is 0 Å². The molecular formula is C14H14F2N2O2S. The molecule has 7 heteroatoms. The summed E-state index contributed by atoms with van der Waals surface area (Å²) in [6.07, 6.45) is 0. The fourth-order valence-electron chi connectivity index (χ4n) is 1.89. The summed E-state index contributed by atoms with van der Waals surface area (Å²) >= 11 is 0. The van der Waals surface area contributed by atoms with Gasteiger partial charge >= 0.3 is 0 Å². The first-order chi connectivity index (χ1) is 9.85. The van der Waals surface area contributed by atoms with Crippen LogP contribution in [0.5, 0.6) is 0 Å². The predicted octanol–water partition coefficient (Wildman–Crippen LogP) is 2.53. The number of aryl methyl sites for hydroxylation is 1. The number of benzene rings is 2. The van der Waals surface area contributed by atoms with E-state index in [4.69, 9.17) is 5.73 Å². The molecule has 0 aliphatic heterocycles. The Bertz CT molecular complexity index is 777. The zero-order chi connectivity index (χ0) is 15.6. The highest BCUT2D eigenvalue weighted by atomic mass is 32.2. The highest BCUT2D eigenvalue weighted by molar-refractivity contribution is 7.92. The van der Waals surface area contributed by atoms with Gasteiger partial charge < -0.3 is 5.73 Å². The summed E-state index contributed by atoms with van der Waals surface area (Å²) < 4.78 is 54.1. The summed E-state index contributed by atoms with van der Waals surface area (Å²) in [4.78, 5) is -0.633. The predicted molar refractivity (Wildman–Crippen MR) is 76.2 cm³/mol. The number of nitrogens with one attached hydrogen (secondary N) is 1. The van der Waals surface area contributed by atoms with Crippen LogP contribution in [0.15, 0.2) is 41.3 Å². The standard InChI is InChI=1S/C14H14F2N2O2S/c1-9-3-2-4-10(7-9)18-21(19,20)13-6-5-12(15)11(8-17)14(13)16/h2-7,18H,8,17H2,1H3. The molecule has 0 radical (unpaired) electrons. The number of rotatable bonds is 4. The zero-order valence-electron chi connectivity index (χ0n) is 11.2. The van der Waals surface area contributed by atoms with E-state index < -0.39 is 38.7 Å². The van der Waals surface area contributed by atoms with Gasteiger partial charge in [-0.15, -0.1) is 0 Å². The van der Waals surface area contributed by atoms with E-state index in [1.807, 2.05) is 0 Å². The molecule has 21 heavy (non-hydrogen) atoms. The fraction of sp³-hybridized carbons (Fsp3) is 0.143. The molecule has 0 bridgehead atoms.